The Balaban J connectivity index is 1.72. The summed E-state index contributed by atoms with van der Waals surface area (Å²) in [5, 5.41) is 2.79. The molecule has 2 aromatic rings. The van der Waals surface area contributed by atoms with Crippen LogP contribution in [0.15, 0.2) is 27.9 Å². The first-order chi connectivity index (χ1) is 11.9. The Labute approximate surface area is 154 Å². The Hall–Kier alpha value is -1.36. The number of thiol groups is 1. The number of aromatic nitrogens is 1. The van der Waals surface area contributed by atoms with Crippen LogP contribution < -0.4 is 10.2 Å². The van der Waals surface area contributed by atoms with E-state index >= 15 is 0 Å². The second kappa shape index (κ2) is 7.48. The van der Waals surface area contributed by atoms with E-state index in [1.807, 2.05) is 0 Å². The lowest BCUT2D eigenvalue weighted by atomic mass is 9.97. The zero-order chi connectivity index (χ0) is 18.0. The minimum atomic E-state index is -3.63. The first kappa shape index (κ1) is 18.4. The van der Waals surface area contributed by atoms with Crippen LogP contribution in [0.4, 0.5) is 0 Å². The Morgan fingerprint density at radius 3 is 2.76 bits per heavy atom. The van der Waals surface area contributed by atoms with E-state index in [1.165, 1.54) is 16.4 Å². The van der Waals surface area contributed by atoms with Crippen LogP contribution >= 0.6 is 24.0 Å². The maximum absolute atomic E-state index is 12.8. The van der Waals surface area contributed by atoms with E-state index in [4.69, 9.17) is 0 Å². The number of nitrogens with zero attached hydrogens (tertiary/aromatic N) is 1. The smallest absolute Gasteiger partial charge is 0.305 e. The van der Waals surface area contributed by atoms with Crippen molar-refractivity contribution in [1.82, 2.24) is 14.6 Å². The monoisotopic (exact) mass is 401 g/mol. The van der Waals surface area contributed by atoms with Crippen LogP contribution in [-0.2, 0) is 14.8 Å². The summed E-state index contributed by atoms with van der Waals surface area (Å²) in [7, 11) is -3.63. The van der Waals surface area contributed by atoms with Crippen molar-refractivity contribution in [2.24, 2.45) is 5.92 Å². The number of H-pyrrole nitrogens is 1. The van der Waals surface area contributed by atoms with Crippen LogP contribution in [-0.4, -0.2) is 49.0 Å². The van der Waals surface area contributed by atoms with Crippen molar-refractivity contribution in [3.05, 3.63) is 27.9 Å². The maximum atomic E-state index is 12.8. The minimum absolute atomic E-state index is 0.0374. The summed E-state index contributed by atoms with van der Waals surface area (Å²) in [6, 6.07) is 4.64. The van der Waals surface area contributed by atoms with E-state index in [1.54, 1.807) is 6.07 Å². The molecule has 2 N–H and O–H groups in total. The summed E-state index contributed by atoms with van der Waals surface area (Å²) in [5.74, 6) is 0.375. The molecule has 25 heavy (non-hydrogen) atoms. The molecule has 7 nitrogen and oxygen atoms in total. The average Bonchev–Trinajstić information content (AvgIpc) is 2.98. The molecule has 1 fully saturated rings. The topological polar surface area (TPSA) is 99.3 Å². The highest BCUT2D eigenvalue weighted by Gasteiger charge is 2.32. The second-order valence-electron chi connectivity index (χ2n) is 5.87. The summed E-state index contributed by atoms with van der Waals surface area (Å²) in [6.07, 6.45) is 0.995. The molecule has 0 spiro atoms. The number of nitrogens with one attached hydrogen (secondary N) is 2. The lowest BCUT2D eigenvalue weighted by molar-refractivity contribution is -0.125. The van der Waals surface area contributed by atoms with Crippen LogP contribution in [0.25, 0.3) is 10.2 Å². The summed E-state index contributed by atoms with van der Waals surface area (Å²) in [5.41, 5.74) is 0.633. The van der Waals surface area contributed by atoms with Gasteiger partial charge in [0.05, 0.1) is 15.1 Å². The highest BCUT2D eigenvalue weighted by molar-refractivity contribution is 7.89. The number of benzene rings is 1. The highest BCUT2D eigenvalue weighted by Crippen LogP contribution is 2.26. The largest absolute Gasteiger partial charge is 0.355 e. The predicted octanol–water partition coefficient (Wildman–Crippen LogP) is 1.04. The number of piperidine rings is 1. The Morgan fingerprint density at radius 1 is 1.36 bits per heavy atom. The van der Waals surface area contributed by atoms with Crippen LogP contribution in [0.5, 0.6) is 0 Å². The first-order valence-corrected chi connectivity index (χ1v) is 10.8. The second-order valence-corrected chi connectivity index (χ2v) is 9.27. The third-order valence-corrected chi connectivity index (χ3v) is 7.23. The fraction of sp³-hybridized carbons (Fsp3) is 0.467. The van der Waals surface area contributed by atoms with Gasteiger partial charge in [-0.15, -0.1) is 0 Å². The van der Waals surface area contributed by atoms with Gasteiger partial charge >= 0.3 is 4.87 Å². The van der Waals surface area contributed by atoms with Gasteiger partial charge in [0.1, 0.15) is 0 Å². The van der Waals surface area contributed by atoms with Gasteiger partial charge in [-0.1, -0.05) is 11.3 Å². The molecule has 2 heterocycles. The molecule has 1 aromatic carbocycles. The van der Waals surface area contributed by atoms with Crippen LogP contribution in [0.3, 0.4) is 0 Å². The van der Waals surface area contributed by atoms with E-state index in [-0.39, 0.29) is 21.6 Å². The van der Waals surface area contributed by atoms with Gasteiger partial charge in [0.15, 0.2) is 0 Å². The van der Waals surface area contributed by atoms with E-state index in [0.717, 1.165) is 11.3 Å². The number of hydrogen-bond donors (Lipinski definition) is 3. The molecule has 1 aliphatic heterocycles. The van der Waals surface area contributed by atoms with Gasteiger partial charge in [0.25, 0.3) is 0 Å². The molecule has 1 aromatic heterocycles. The fourth-order valence-corrected chi connectivity index (χ4v) is 5.38. The number of hydrogen-bond acceptors (Lipinski definition) is 6. The van der Waals surface area contributed by atoms with E-state index in [0.29, 0.717) is 48.4 Å². The number of carbonyl (C=O) groups excluding carboxylic acids is 1. The van der Waals surface area contributed by atoms with Crippen LogP contribution in [0.2, 0.25) is 0 Å². The van der Waals surface area contributed by atoms with E-state index < -0.39 is 10.0 Å². The van der Waals surface area contributed by atoms with Gasteiger partial charge in [-0.05, 0) is 31.0 Å². The number of thiazole rings is 1. The number of rotatable bonds is 5. The third-order valence-electron chi connectivity index (χ3n) is 4.27. The number of fused-ring (bicyclic) bond motifs is 1. The van der Waals surface area contributed by atoms with Gasteiger partial charge in [0, 0.05) is 31.3 Å². The first-order valence-electron chi connectivity index (χ1n) is 7.93. The molecular formula is C15H19N3O4S3. The van der Waals surface area contributed by atoms with Gasteiger partial charge in [0.2, 0.25) is 15.9 Å². The quantitative estimate of drug-likeness (QED) is 0.652. The molecule has 3 rings (SSSR count). The summed E-state index contributed by atoms with van der Waals surface area (Å²) >= 11 is 5.04. The minimum Gasteiger partial charge on any atom is -0.355 e. The molecule has 0 unspecified atom stereocenters. The summed E-state index contributed by atoms with van der Waals surface area (Å²) < 4.78 is 27.7. The molecule has 0 atom stereocenters. The molecule has 0 radical (unpaired) electrons. The molecule has 0 aliphatic carbocycles. The molecular weight excluding hydrogens is 382 g/mol. The zero-order valence-electron chi connectivity index (χ0n) is 13.4. The van der Waals surface area contributed by atoms with E-state index in [9.17, 15) is 18.0 Å². The molecule has 1 aliphatic rings. The highest BCUT2D eigenvalue weighted by atomic mass is 32.2. The van der Waals surface area contributed by atoms with Gasteiger partial charge in [-0.2, -0.15) is 16.9 Å². The van der Waals surface area contributed by atoms with Gasteiger partial charge in [-0.25, -0.2) is 8.42 Å². The Morgan fingerprint density at radius 2 is 2.08 bits per heavy atom. The molecule has 1 saturated heterocycles. The van der Waals surface area contributed by atoms with Crippen LogP contribution in [0.1, 0.15) is 12.8 Å². The van der Waals surface area contributed by atoms with E-state index in [2.05, 4.69) is 22.9 Å². The number of sulfonamides is 1. The van der Waals surface area contributed by atoms with Crippen LogP contribution in [0, 0.1) is 5.92 Å². The fourth-order valence-electron chi connectivity index (χ4n) is 2.92. The van der Waals surface area contributed by atoms with Crippen molar-refractivity contribution in [2.45, 2.75) is 17.7 Å². The van der Waals surface area contributed by atoms with Crippen molar-refractivity contribution in [3.8, 4) is 0 Å². The van der Waals surface area contributed by atoms with Crippen molar-refractivity contribution in [3.63, 3.8) is 0 Å². The van der Waals surface area contributed by atoms with Crippen molar-refractivity contribution in [2.75, 3.05) is 25.4 Å². The number of amides is 1. The third kappa shape index (κ3) is 3.91. The van der Waals surface area contributed by atoms with Crippen molar-refractivity contribution in [1.29, 1.82) is 0 Å². The standard InChI is InChI=1S/C15H19N3O4S3/c19-14(16-5-8-23)10-3-6-18(7-4-10)25(21,22)11-1-2-12-13(9-11)24-15(20)17-12/h1-2,9-10,23H,3-8H2,(H,16,19)(H,17,20). The lowest BCUT2D eigenvalue weighted by Crippen LogP contribution is -2.43. The van der Waals surface area contributed by atoms with Crippen molar-refractivity contribution >= 4 is 50.1 Å². The molecule has 136 valence electrons. The summed E-state index contributed by atoms with van der Waals surface area (Å²) in [6.45, 7) is 1.13. The molecule has 10 heteroatoms. The maximum Gasteiger partial charge on any atom is 0.305 e. The Kier molecular flexibility index (Phi) is 5.52. The zero-order valence-corrected chi connectivity index (χ0v) is 15.9. The van der Waals surface area contributed by atoms with Crippen molar-refractivity contribution < 1.29 is 13.2 Å². The SMILES string of the molecule is O=C(NCCS)C1CCN(S(=O)(=O)c2ccc3[nH]c(=O)sc3c2)CC1. The lowest BCUT2D eigenvalue weighted by Gasteiger charge is -2.30. The number of aromatic amines is 1. The molecule has 1 amide bonds. The summed E-state index contributed by atoms with van der Waals surface area (Å²) in [4.78, 5) is 26.0. The van der Waals surface area contributed by atoms with Gasteiger partial charge in [-0.3, -0.25) is 9.59 Å². The normalized spacial score (nSPS) is 17.0. The number of carbonyl (C=O) groups is 1. The van der Waals surface area contributed by atoms with Gasteiger partial charge < -0.3 is 10.3 Å². The molecule has 0 bridgehead atoms. The Bertz CT molecular complexity index is 927. The average molecular weight is 402 g/mol. The molecule has 0 saturated carbocycles. The predicted molar refractivity (Wildman–Crippen MR) is 101 cm³/mol.